The Labute approximate surface area is 137 Å². The fourth-order valence-electron chi connectivity index (χ4n) is 3.74. The predicted molar refractivity (Wildman–Crippen MR) is 81.0 cm³/mol. The van der Waals surface area contributed by atoms with Crippen LogP contribution in [0.4, 0.5) is 0 Å². The summed E-state index contributed by atoms with van der Waals surface area (Å²) >= 11 is 11.8. The lowest BCUT2D eigenvalue weighted by atomic mass is 9.90. The molecule has 4 unspecified atom stereocenters. The summed E-state index contributed by atoms with van der Waals surface area (Å²) < 4.78 is 0. The number of halogens is 2. The van der Waals surface area contributed by atoms with E-state index in [-0.39, 0.29) is 11.8 Å². The van der Waals surface area contributed by atoms with Crippen molar-refractivity contribution >= 4 is 35.1 Å². The van der Waals surface area contributed by atoms with Gasteiger partial charge in [0.2, 0.25) is 0 Å². The van der Waals surface area contributed by atoms with Gasteiger partial charge < -0.3 is 10.2 Å². The first-order valence-electron chi connectivity index (χ1n) is 7.02. The molecule has 2 aliphatic rings. The molecule has 7 heteroatoms. The first kappa shape index (κ1) is 15.6. The number of rotatable bonds is 5. The number of hydrogen-bond donors (Lipinski definition) is 3. The smallest absolute Gasteiger partial charge is 0.324 e. The van der Waals surface area contributed by atoms with Gasteiger partial charge in [0.25, 0.3) is 0 Å². The van der Waals surface area contributed by atoms with Crippen molar-refractivity contribution in [1.29, 1.82) is 0 Å². The van der Waals surface area contributed by atoms with Crippen molar-refractivity contribution in [3.8, 4) is 0 Å². The van der Waals surface area contributed by atoms with E-state index >= 15 is 0 Å². The van der Waals surface area contributed by atoms with Gasteiger partial charge in [-0.1, -0.05) is 29.3 Å². The van der Waals surface area contributed by atoms with Gasteiger partial charge >= 0.3 is 11.9 Å². The largest absolute Gasteiger partial charge is 0.481 e. The van der Waals surface area contributed by atoms with Crippen molar-refractivity contribution in [1.82, 2.24) is 5.32 Å². The molecule has 0 spiro atoms. The summed E-state index contributed by atoms with van der Waals surface area (Å²) in [4.78, 5) is 23.0. The highest BCUT2D eigenvalue weighted by Gasteiger charge is 2.71. The number of benzene rings is 1. The van der Waals surface area contributed by atoms with Crippen LogP contribution < -0.4 is 5.32 Å². The first-order chi connectivity index (χ1) is 10.4. The van der Waals surface area contributed by atoms with Crippen molar-refractivity contribution in [2.45, 2.75) is 24.9 Å². The van der Waals surface area contributed by atoms with Gasteiger partial charge in [0, 0.05) is 12.5 Å². The second kappa shape index (κ2) is 5.41. The second-order valence-corrected chi connectivity index (χ2v) is 6.79. The average Bonchev–Trinajstić information content (AvgIpc) is 3.07. The van der Waals surface area contributed by atoms with Crippen LogP contribution in [0.15, 0.2) is 18.2 Å². The van der Waals surface area contributed by atoms with Gasteiger partial charge in [-0.15, -0.1) is 0 Å². The molecule has 1 aromatic rings. The minimum atomic E-state index is -1.17. The number of carboxylic acids is 2. The van der Waals surface area contributed by atoms with Crippen molar-refractivity contribution in [3.63, 3.8) is 0 Å². The van der Waals surface area contributed by atoms with Gasteiger partial charge in [-0.25, -0.2) is 0 Å². The highest BCUT2D eigenvalue weighted by atomic mass is 35.5. The molecular formula is C15H15Cl2NO4. The van der Waals surface area contributed by atoms with Crippen LogP contribution in [0.1, 0.15) is 18.4 Å². The van der Waals surface area contributed by atoms with Gasteiger partial charge in [-0.3, -0.25) is 14.9 Å². The highest BCUT2D eigenvalue weighted by Crippen LogP contribution is 2.62. The number of aliphatic carboxylic acids is 2. The molecule has 118 valence electrons. The summed E-state index contributed by atoms with van der Waals surface area (Å²) in [6.07, 6.45) is 1.07. The fraction of sp³-hybridized carbons (Fsp3) is 0.467. The van der Waals surface area contributed by atoms with Crippen LogP contribution in [0.5, 0.6) is 0 Å². The molecule has 0 radical (unpaired) electrons. The lowest BCUT2D eigenvalue weighted by molar-refractivity contribution is -0.147. The molecule has 0 heterocycles. The number of carbonyl (C=O) groups is 2. The molecule has 2 aliphatic carbocycles. The zero-order valence-electron chi connectivity index (χ0n) is 11.6. The molecular weight excluding hydrogens is 329 g/mol. The molecule has 0 saturated heterocycles. The third kappa shape index (κ3) is 2.37. The molecule has 3 N–H and O–H groups in total. The van der Waals surface area contributed by atoms with E-state index in [1.54, 1.807) is 18.2 Å². The van der Waals surface area contributed by atoms with Crippen molar-refractivity contribution in [2.24, 2.45) is 17.8 Å². The standard InChI is InChI=1S/C15H15Cl2NO4/c16-9-2-1-7(5-10(9)17)6-18-15(14(21)22)4-3-8-11(12(8)15)13(19)20/h1-2,5,8,11-12,18H,3-4,6H2,(H,19,20)(H,21,22). The van der Waals surface area contributed by atoms with E-state index in [1.165, 1.54) is 0 Å². The summed E-state index contributed by atoms with van der Waals surface area (Å²) in [5, 5.41) is 22.7. The Morgan fingerprint density at radius 2 is 2.00 bits per heavy atom. The summed E-state index contributed by atoms with van der Waals surface area (Å²) in [5.74, 6) is -2.81. The maximum atomic E-state index is 11.8. The topological polar surface area (TPSA) is 86.6 Å². The Bertz CT molecular complexity index is 650. The van der Waals surface area contributed by atoms with Gasteiger partial charge in [0.15, 0.2) is 0 Å². The highest BCUT2D eigenvalue weighted by molar-refractivity contribution is 6.42. The molecule has 0 bridgehead atoms. The number of hydrogen-bond acceptors (Lipinski definition) is 3. The minimum Gasteiger partial charge on any atom is -0.481 e. The lowest BCUT2D eigenvalue weighted by Crippen LogP contribution is -2.53. The Morgan fingerprint density at radius 1 is 1.27 bits per heavy atom. The minimum absolute atomic E-state index is 0.0325. The Kier molecular flexibility index (Phi) is 3.83. The van der Waals surface area contributed by atoms with Gasteiger partial charge in [-0.05, 0) is 36.5 Å². The van der Waals surface area contributed by atoms with Gasteiger partial charge in [-0.2, -0.15) is 0 Å². The van der Waals surface area contributed by atoms with Crippen molar-refractivity contribution in [2.75, 3.05) is 0 Å². The Balaban J connectivity index is 1.77. The molecule has 2 fully saturated rings. The Hall–Kier alpha value is -1.30. The van der Waals surface area contributed by atoms with Crippen LogP contribution >= 0.6 is 23.2 Å². The third-order valence-corrected chi connectivity index (χ3v) is 5.61. The van der Waals surface area contributed by atoms with Crippen LogP contribution in [0.25, 0.3) is 0 Å². The van der Waals surface area contributed by atoms with Crippen LogP contribution in [0.2, 0.25) is 10.0 Å². The Morgan fingerprint density at radius 3 is 2.55 bits per heavy atom. The van der Waals surface area contributed by atoms with E-state index < -0.39 is 23.4 Å². The first-order valence-corrected chi connectivity index (χ1v) is 7.77. The number of fused-ring (bicyclic) bond motifs is 1. The molecule has 0 aromatic heterocycles. The fourth-order valence-corrected chi connectivity index (χ4v) is 4.06. The molecule has 0 aliphatic heterocycles. The molecule has 2 saturated carbocycles. The molecule has 1 aromatic carbocycles. The predicted octanol–water partition coefficient (Wildman–Crippen LogP) is 2.65. The molecule has 5 nitrogen and oxygen atoms in total. The average molecular weight is 344 g/mol. The van der Waals surface area contributed by atoms with E-state index in [0.717, 1.165) is 5.56 Å². The van der Waals surface area contributed by atoms with E-state index in [0.29, 0.717) is 29.4 Å². The van der Waals surface area contributed by atoms with Gasteiger partial charge in [0.1, 0.15) is 5.54 Å². The van der Waals surface area contributed by atoms with Crippen molar-refractivity contribution < 1.29 is 19.8 Å². The zero-order chi connectivity index (χ0) is 16.1. The van der Waals surface area contributed by atoms with Gasteiger partial charge in [0.05, 0.1) is 16.0 Å². The summed E-state index contributed by atoms with van der Waals surface area (Å²) in [5.41, 5.74) is -0.356. The summed E-state index contributed by atoms with van der Waals surface area (Å²) in [6.45, 7) is 0.304. The van der Waals surface area contributed by atoms with E-state index in [2.05, 4.69) is 5.32 Å². The number of nitrogens with one attached hydrogen (secondary N) is 1. The summed E-state index contributed by atoms with van der Waals surface area (Å²) in [7, 11) is 0. The van der Waals surface area contributed by atoms with Crippen LogP contribution in [0, 0.1) is 17.8 Å². The monoisotopic (exact) mass is 343 g/mol. The third-order valence-electron chi connectivity index (χ3n) is 4.87. The lowest BCUT2D eigenvalue weighted by Gasteiger charge is -2.28. The molecule has 22 heavy (non-hydrogen) atoms. The van der Waals surface area contributed by atoms with E-state index in [9.17, 15) is 19.8 Å². The molecule has 3 rings (SSSR count). The van der Waals surface area contributed by atoms with E-state index in [1.807, 2.05) is 0 Å². The van der Waals surface area contributed by atoms with Crippen LogP contribution in [-0.2, 0) is 16.1 Å². The van der Waals surface area contributed by atoms with Crippen LogP contribution in [0.3, 0.4) is 0 Å². The van der Waals surface area contributed by atoms with Crippen molar-refractivity contribution in [3.05, 3.63) is 33.8 Å². The zero-order valence-corrected chi connectivity index (χ0v) is 13.1. The maximum absolute atomic E-state index is 11.8. The molecule has 0 amide bonds. The van der Waals surface area contributed by atoms with E-state index in [4.69, 9.17) is 23.2 Å². The maximum Gasteiger partial charge on any atom is 0.324 e. The second-order valence-electron chi connectivity index (χ2n) is 5.97. The summed E-state index contributed by atoms with van der Waals surface area (Å²) in [6, 6.07) is 5.11. The SMILES string of the molecule is O=C(O)C1C2CCC(NCc3ccc(Cl)c(Cl)c3)(C(=O)O)C21. The quantitative estimate of drug-likeness (QED) is 0.765. The van der Waals surface area contributed by atoms with Crippen LogP contribution in [-0.4, -0.2) is 27.7 Å². The number of carboxylic acid groups (broad SMARTS) is 2. The normalized spacial score (nSPS) is 32.5. The molecule has 4 atom stereocenters.